The average Bonchev–Trinajstić information content (AvgIpc) is 3.30. The second kappa shape index (κ2) is 12.3. The van der Waals surface area contributed by atoms with Crippen LogP contribution in [0.15, 0.2) is 87.8 Å². The fourth-order valence-electron chi connectivity index (χ4n) is 4.83. The molecule has 0 amide bonds. The Labute approximate surface area is 250 Å². The first-order valence-corrected chi connectivity index (χ1v) is 14.2. The van der Waals surface area contributed by atoms with Crippen LogP contribution in [0.4, 0.5) is 5.69 Å². The van der Waals surface area contributed by atoms with E-state index >= 15 is 0 Å². The molecular weight excluding hydrogens is 568 g/mol. The summed E-state index contributed by atoms with van der Waals surface area (Å²) in [5.74, 6) is -0.0405. The van der Waals surface area contributed by atoms with E-state index in [0.717, 1.165) is 22.5 Å². The number of esters is 1. The van der Waals surface area contributed by atoms with Gasteiger partial charge in [-0.2, -0.15) is 5.26 Å². The molecule has 216 valence electrons. The zero-order valence-corrected chi connectivity index (χ0v) is 24.4. The number of carbonyl (C=O) groups is 1. The molecule has 1 atom stereocenters. The number of nitrogens with zero attached hydrogens (tertiary/aromatic N) is 4. The molecule has 43 heavy (non-hydrogen) atoms. The fraction of sp³-hybridized carbons (Fsp3) is 0.188. The Hall–Kier alpha value is -5.34. The van der Waals surface area contributed by atoms with Crippen molar-refractivity contribution in [2.75, 3.05) is 6.61 Å². The van der Waals surface area contributed by atoms with Crippen LogP contribution in [0.2, 0.25) is 0 Å². The molecule has 0 radical (unpaired) electrons. The lowest BCUT2D eigenvalue weighted by Crippen LogP contribution is -2.40. The minimum absolute atomic E-state index is 0.115. The van der Waals surface area contributed by atoms with Crippen molar-refractivity contribution < 1.29 is 19.2 Å². The summed E-state index contributed by atoms with van der Waals surface area (Å²) in [5, 5.41) is 21.0. The Morgan fingerprint density at radius 2 is 1.91 bits per heavy atom. The summed E-state index contributed by atoms with van der Waals surface area (Å²) in [5.41, 5.74) is 2.95. The fourth-order valence-corrected chi connectivity index (χ4v) is 5.87. The van der Waals surface area contributed by atoms with Crippen LogP contribution in [0.1, 0.15) is 47.7 Å². The topological polar surface area (TPSA) is 137 Å². The predicted octanol–water partition coefficient (Wildman–Crippen LogP) is 4.47. The zero-order chi connectivity index (χ0) is 30.7. The van der Waals surface area contributed by atoms with Crippen LogP contribution < -0.4 is 19.6 Å². The van der Waals surface area contributed by atoms with E-state index in [-0.39, 0.29) is 30.0 Å². The number of ether oxygens (including phenoxy) is 2. The first-order valence-electron chi connectivity index (χ1n) is 13.4. The van der Waals surface area contributed by atoms with Gasteiger partial charge < -0.3 is 9.47 Å². The first kappa shape index (κ1) is 29.2. The molecular formula is C32H26N4O6S. The molecule has 0 spiro atoms. The highest BCUT2D eigenvalue weighted by Crippen LogP contribution is 2.33. The SMILES string of the molecule is CCOC(=O)C1=C(C)N=c2s/c(=C/c3ccc(OCc4ccccc4C#N)cc3)c(=O)n2[C@@H]1c1ccc(C)c([N+](=O)[O-])c1. The number of thiazole rings is 1. The number of allylic oxidation sites excluding steroid dienone is 1. The lowest BCUT2D eigenvalue weighted by Gasteiger charge is -2.24. The molecule has 1 aliphatic heterocycles. The molecule has 10 nitrogen and oxygen atoms in total. The molecule has 1 aliphatic rings. The van der Waals surface area contributed by atoms with Crippen molar-refractivity contribution in [2.45, 2.75) is 33.4 Å². The molecule has 4 aromatic rings. The largest absolute Gasteiger partial charge is 0.489 e. The molecule has 0 saturated heterocycles. The Morgan fingerprint density at radius 1 is 1.16 bits per heavy atom. The lowest BCUT2D eigenvalue weighted by molar-refractivity contribution is -0.385. The molecule has 3 aromatic carbocycles. The van der Waals surface area contributed by atoms with Gasteiger partial charge in [0.05, 0.1) is 45.0 Å². The summed E-state index contributed by atoms with van der Waals surface area (Å²) in [6.07, 6.45) is 1.72. The van der Waals surface area contributed by atoms with Gasteiger partial charge in [0.2, 0.25) is 0 Å². The standard InChI is InChI=1S/C32H26N4O6S/c1-4-41-31(38)28-20(3)34-32-35(29(28)22-12-9-19(2)26(16-22)36(39)40)30(37)27(43-32)15-21-10-13-25(14-11-21)42-18-24-8-6-5-7-23(24)17-33/h5-16,29H,4,18H2,1-3H3/b27-15+/t29-/m1/s1. The molecule has 11 heteroatoms. The normalized spacial score (nSPS) is 14.5. The van der Waals surface area contributed by atoms with E-state index in [1.807, 2.05) is 12.1 Å². The van der Waals surface area contributed by atoms with E-state index < -0.39 is 16.9 Å². The maximum Gasteiger partial charge on any atom is 0.338 e. The second-order valence-corrected chi connectivity index (χ2v) is 10.7. The van der Waals surface area contributed by atoms with E-state index in [9.17, 15) is 25.0 Å². The Morgan fingerprint density at radius 3 is 2.60 bits per heavy atom. The Bertz CT molecular complexity index is 2000. The third kappa shape index (κ3) is 5.86. The van der Waals surface area contributed by atoms with Gasteiger partial charge in [0, 0.05) is 17.2 Å². The molecule has 0 aliphatic carbocycles. The predicted molar refractivity (Wildman–Crippen MR) is 160 cm³/mol. The molecule has 2 heterocycles. The third-order valence-electron chi connectivity index (χ3n) is 6.97. The average molecular weight is 595 g/mol. The third-order valence-corrected chi connectivity index (χ3v) is 7.96. The van der Waals surface area contributed by atoms with E-state index in [2.05, 4.69) is 11.1 Å². The molecule has 0 N–H and O–H groups in total. The number of nitro benzene ring substituents is 1. The molecule has 5 rings (SSSR count). The maximum atomic E-state index is 13.8. The molecule has 0 bridgehead atoms. The highest BCUT2D eigenvalue weighted by atomic mass is 32.1. The Kier molecular flexibility index (Phi) is 8.32. The van der Waals surface area contributed by atoms with Gasteiger partial charge in [0.15, 0.2) is 4.80 Å². The van der Waals surface area contributed by atoms with Gasteiger partial charge in [0.1, 0.15) is 12.4 Å². The van der Waals surface area contributed by atoms with Crippen LogP contribution >= 0.6 is 11.3 Å². The first-order chi connectivity index (χ1) is 20.7. The number of aromatic nitrogens is 1. The van der Waals surface area contributed by atoms with Gasteiger partial charge in [-0.1, -0.05) is 53.8 Å². The van der Waals surface area contributed by atoms with Crippen molar-refractivity contribution in [1.29, 1.82) is 5.26 Å². The molecule has 0 unspecified atom stereocenters. The summed E-state index contributed by atoms with van der Waals surface area (Å²) in [6.45, 7) is 5.32. The minimum Gasteiger partial charge on any atom is -0.489 e. The van der Waals surface area contributed by atoms with Crippen LogP contribution in [-0.2, 0) is 16.1 Å². The van der Waals surface area contributed by atoms with E-state index in [0.29, 0.717) is 37.5 Å². The number of fused-ring (bicyclic) bond motifs is 1. The van der Waals surface area contributed by atoms with Crippen molar-refractivity contribution >= 4 is 29.1 Å². The van der Waals surface area contributed by atoms with Crippen LogP contribution in [0.5, 0.6) is 5.75 Å². The Balaban J connectivity index is 1.53. The lowest BCUT2D eigenvalue weighted by atomic mass is 9.94. The summed E-state index contributed by atoms with van der Waals surface area (Å²) in [6, 6.07) is 20.2. The van der Waals surface area contributed by atoms with Crippen LogP contribution in [-0.4, -0.2) is 22.1 Å². The molecule has 0 fully saturated rings. The minimum atomic E-state index is -0.955. The van der Waals surface area contributed by atoms with Crippen LogP contribution in [0, 0.1) is 28.4 Å². The number of rotatable bonds is 8. The number of carbonyl (C=O) groups excluding carboxylic acids is 1. The van der Waals surface area contributed by atoms with Crippen molar-refractivity contribution in [2.24, 2.45) is 4.99 Å². The summed E-state index contributed by atoms with van der Waals surface area (Å²) >= 11 is 1.16. The number of hydrogen-bond donors (Lipinski definition) is 0. The van der Waals surface area contributed by atoms with Crippen molar-refractivity contribution in [1.82, 2.24) is 4.57 Å². The highest BCUT2D eigenvalue weighted by Gasteiger charge is 2.34. The van der Waals surface area contributed by atoms with Gasteiger partial charge in [-0.15, -0.1) is 0 Å². The van der Waals surface area contributed by atoms with Crippen molar-refractivity contribution in [3.63, 3.8) is 0 Å². The summed E-state index contributed by atoms with van der Waals surface area (Å²) < 4.78 is 12.9. The summed E-state index contributed by atoms with van der Waals surface area (Å²) in [4.78, 5) is 43.1. The number of nitriles is 1. The quantitative estimate of drug-likeness (QED) is 0.167. The smallest absolute Gasteiger partial charge is 0.338 e. The number of benzene rings is 3. The van der Waals surface area contributed by atoms with Crippen molar-refractivity contribution in [3.05, 3.63) is 136 Å². The van der Waals surface area contributed by atoms with Gasteiger partial charge in [-0.3, -0.25) is 19.5 Å². The van der Waals surface area contributed by atoms with Gasteiger partial charge in [-0.25, -0.2) is 9.79 Å². The van der Waals surface area contributed by atoms with E-state index in [1.54, 1.807) is 75.4 Å². The number of hydrogen-bond acceptors (Lipinski definition) is 9. The van der Waals surface area contributed by atoms with E-state index in [4.69, 9.17) is 9.47 Å². The maximum absolute atomic E-state index is 13.8. The van der Waals surface area contributed by atoms with Crippen LogP contribution in [0.3, 0.4) is 0 Å². The zero-order valence-electron chi connectivity index (χ0n) is 23.6. The molecule has 1 aromatic heterocycles. The monoisotopic (exact) mass is 594 g/mol. The number of nitro groups is 1. The highest BCUT2D eigenvalue weighted by molar-refractivity contribution is 7.07. The van der Waals surface area contributed by atoms with Gasteiger partial charge in [-0.05, 0) is 56.2 Å². The number of aryl methyl sites for hydroxylation is 1. The van der Waals surface area contributed by atoms with Crippen molar-refractivity contribution in [3.8, 4) is 11.8 Å². The summed E-state index contributed by atoms with van der Waals surface area (Å²) in [7, 11) is 0. The van der Waals surface area contributed by atoms with Crippen LogP contribution in [0.25, 0.3) is 6.08 Å². The van der Waals surface area contributed by atoms with Gasteiger partial charge in [0.25, 0.3) is 11.2 Å². The van der Waals surface area contributed by atoms with E-state index in [1.165, 1.54) is 10.6 Å². The molecule has 0 saturated carbocycles. The van der Waals surface area contributed by atoms with Gasteiger partial charge >= 0.3 is 5.97 Å². The second-order valence-electron chi connectivity index (χ2n) is 9.73.